The molecule has 0 atom stereocenters. The fraction of sp³-hybridized carbons (Fsp3) is 0.130. The average Bonchev–Trinajstić information content (AvgIpc) is 2.56. The summed E-state index contributed by atoms with van der Waals surface area (Å²) in [5, 5.41) is 0. The van der Waals surface area contributed by atoms with Gasteiger partial charge in [-0.25, -0.2) is 0 Å². The van der Waals surface area contributed by atoms with Gasteiger partial charge in [-0.05, 0) is 54.7 Å². The van der Waals surface area contributed by atoms with Crippen LogP contribution in [0.2, 0.25) is 0 Å². The minimum atomic E-state index is 1.07. The van der Waals surface area contributed by atoms with Crippen molar-refractivity contribution < 1.29 is 0 Å². The van der Waals surface area contributed by atoms with E-state index >= 15 is 0 Å². The number of allylic oxidation sites excluding steroid dienone is 6. The quantitative estimate of drug-likeness (QED) is 0.530. The van der Waals surface area contributed by atoms with Gasteiger partial charge in [0, 0.05) is 0 Å². The minimum absolute atomic E-state index is 1.07. The van der Waals surface area contributed by atoms with Gasteiger partial charge in [0.2, 0.25) is 0 Å². The second-order valence-corrected chi connectivity index (χ2v) is 5.75. The van der Waals surface area contributed by atoms with Crippen LogP contribution in [0.25, 0.3) is 22.3 Å². The number of hydrogen-bond acceptors (Lipinski definition) is 0. The smallest absolute Gasteiger partial charge is 0.0106 e. The maximum atomic E-state index is 4.13. The largest absolute Gasteiger partial charge is 0.0991 e. The molecule has 0 aliphatic carbocycles. The van der Waals surface area contributed by atoms with E-state index in [4.69, 9.17) is 0 Å². The van der Waals surface area contributed by atoms with E-state index in [0.29, 0.717) is 0 Å². The summed E-state index contributed by atoms with van der Waals surface area (Å²) in [7, 11) is 0. The van der Waals surface area contributed by atoms with E-state index in [2.05, 4.69) is 88.5 Å². The van der Waals surface area contributed by atoms with Crippen LogP contribution in [0.15, 0.2) is 79.9 Å². The van der Waals surface area contributed by atoms with Crippen molar-refractivity contribution in [2.75, 3.05) is 0 Å². The topological polar surface area (TPSA) is 0 Å². The Hall–Kier alpha value is -2.60. The highest BCUT2D eigenvalue weighted by Gasteiger charge is 2.08. The van der Waals surface area contributed by atoms with Gasteiger partial charge in [0.25, 0.3) is 0 Å². The molecule has 0 saturated heterocycles. The van der Waals surface area contributed by atoms with Gasteiger partial charge in [-0.3, -0.25) is 0 Å². The molecule has 0 radical (unpaired) electrons. The molecule has 0 fully saturated rings. The predicted molar refractivity (Wildman–Crippen MR) is 104 cm³/mol. The Bertz CT molecular complexity index is 768. The molecule has 0 spiro atoms. The van der Waals surface area contributed by atoms with Crippen LogP contribution in [-0.4, -0.2) is 0 Å². The van der Waals surface area contributed by atoms with E-state index in [1.807, 2.05) is 6.08 Å². The second kappa shape index (κ2) is 7.60. The van der Waals surface area contributed by atoms with Crippen LogP contribution < -0.4 is 0 Å². The van der Waals surface area contributed by atoms with Gasteiger partial charge < -0.3 is 0 Å². The molecule has 0 heteroatoms. The number of rotatable bonds is 5. The minimum Gasteiger partial charge on any atom is -0.0991 e. The predicted octanol–water partition coefficient (Wildman–Crippen LogP) is 6.84. The Morgan fingerprint density at radius 2 is 1.61 bits per heavy atom. The number of benzene rings is 2. The fourth-order valence-corrected chi connectivity index (χ4v) is 2.59. The summed E-state index contributed by atoms with van der Waals surface area (Å²) in [6, 6.07) is 15.2. The van der Waals surface area contributed by atoms with E-state index < -0.39 is 0 Å². The summed E-state index contributed by atoms with van der Waals surface area (Å²) >= 11 is 0. The normalized spacial score (nSPS) is 11.7. The average molecular weight is 300 g/mol. The fourth-order valence-electron chi connectivity index (χ4n) is 2.59. The van der Waals surface area contributed by atoms with Crippen molar-refractivity contribution in [3.05, 3.63) is 96.6 Å². The Labute approximate surface area is 140 Å². The van der Waals surface area contributed by atoms with Crippen LogP contribution in [0.4, 0.5) is 0 Å². The molecule has 0 aliphatic heterocycles. The molecule has 116 valence electrons. The van der Waals surface area contributed by atoms with E-state index in [1.54, 1.807) is 6.08 Å². The lowest BCUT2D eigenvalue weighted by Gasteiger charge is -2.13. The van der Waals surface area contributed by atoms with Crippen molar-refractivity contribution in [3.8, 4) is 11.1 Å². The van der Waals surface area contributed by atoms with Crippen molar-refractivity contribution in [2.24, 2.45) is 0 Å². The molecule has 0 heterocycles. The van der Waals surface area contributed by atoms with Crippen molar-refractivity contribution >= 4 is 11.1 Å². The number of hydrogen-bond donors (Lipinski definition) is 0. The summed E-state index contributed by atoms with van der Waals surface area (Å²) in [6.07, 6.45) is 7.98. The van der Waals surface area contributed by atoms with E-state index in [1.165, 1.54) is 33.4 Å². The zero-order valence-corrected chi connectivity index (χ0v) is 14.3. The molecule has 23 heavy (non-hydrogen) atoms. The molecule has 2 aromatic rings. The van der Waals surface area contributed by atoms with Crippen molar-refractivity contribution in [1.82, 2.24) is 0 Å². The lowest BCUT2D eigenvalue weighted by atomic mass is 9.91. The van der Waals surface area contributed by atoms with Crippen LogP contribution in [0.1, 0.15) is 30.5 Å². The van der Waals surface area contributed by atoms with Crippen molar-refractivity contribution in [2.45, 2.75) is 20.8 Å². The first-order valence-electron chi connectivity index (χ1n) is 7.89. The Kier molecular flexibility index (Phi) is 5.54. The molecule has 0 aromatic heterocycles. The lowest BCUT2D eigenvalue weighted by molar-refractivity contribution is 1.46. The van der Waals surface area contributed by atoms with Crippen LogP contribution in [0.3, 0.4) is 0 Å². The molecule has 0 unspecified atom stereocenters. The first kappa shape index (κ1) is 16.8. The van der Waals surface area contributed by atoms with Crippen LogP contribution >= 0.6 is 0 Å². The monoisotopic (exact) mass is 300 g/mol. The van der Waals surface area contributed by atoms with Gasteiger partial charge >= 0.3 is 0 Å². The molecule has 0 N–H and O–H groups in total. The molecule has 0 aliphatic rings. The van der Waals surface area contributed by atoms with E-state index in [-0.39, 0.29) is 0 Å². The third-order valence-electron chi connectivity index (χ3n) is 3.90. The van der Waals surface area contributed by atoms with Gasteiger partial charge in [-0.2, -0.15) is 0 Å². The summed E-state index contributed by atoms with van der Waals surface area (Å²) in [6.45, 7) is 14.1. The molecule has 0 nitrogen and oxygen atoms in total. The van der Waals surface area contributed by atoms with Gasteiger partial charge in [0.05, 0.1) is 0 Å². The molecule has 2 rings (SSSR count). The molecular weight excluding hydrogens is 276 g/mol. The first-order valence-corrected chi connectivity index (χ1v) is 7.89. The maximum absolute atomic E-state index is 4.13. The third-order valence-corrected chi connectivity index (χ3v) is 3.90. The van der Waals surface area contributed by atoms with Gasteiger partial charge in [-0.15, -0.1) is 0 Å². The molecule has 0 bridgehead atoms. The summed E-state index contributed by atoms with van der Waals surface area (Å²) in [4.78, 5) is 0. The third kappa shape index (κ3) is 3.98. The van der Waals surface area contributed by atoms with Crippen LogP contribution in [-0.2, 0) is 0 Å². The molecule has 0 saturated carbocycles. The van der Waals surface area contributed by atoms with E-state index in [9.17, 15) is 0 Å². The first-order chi connectivity index (χ1) is 11.1. The zero-order chi connectivity index (χ0) is 16.8. The van der Waals surface area contributed by atoms with Gasteiger partial charge in [-0.1, -0.05) is 85.0 Å². The maximum Gasteiger partial charge on any atom is -0.0106 e. The molecular formula is C23H24. The summed E-state index contributed by atoms with van der Waals surface area (Å²) < 4.78 is 0. The summed E-state index contributed by atoms with van der Waals surface area (Å²) in [5.41, 5.74) is 8.36. The highest BCUT2D eigenvalue weighted by molar-refractivity contribution is 5.85. The van der Waals surface area contributed by atoms with Gasteiger partial charge in [0.15, 0.2) is 0 Å². The highest BCUT2D eigenvalue weighted by atomic mass is 14.1. The van der Waals surface area contributed by atoms with Gasteiger partial charge in [0.1, 0.15) is 0 Å². The Morgan fingerprint density at radius 1 is 0.957 bits per heavy atom. The lowest BCUT2D eigenvalue weighted by Crippen LogP contribution is -1.92. The summed E-state index contributed by atoms with van der Waals surface area (Å²) in [5.74, 6) is 0. The number of aryl methyl sites for hydroxylation is 1. The van der Waals surface area contributed by atoms with E-state index in [0.717, 1.165) is 5.57 Å². The Morgan fingerprint density at radius 3 is 2.17 bits per heavy atom. The SMILES string of the molecule is C=C/C=C\C(=C/C)c1cc(-c2ccc(C)cc2)ccc1C(=C)C. The Balaban J connectivity index is 2.59. The molecule has 0 amide bonds. The van der Waals surface area contributed by atoms with Crippen molar-refractivity contribution in [1.29, 1.82) is 0 Å². The standard InChI is InChI=1S/C23H24/c1-6-8-9-19(7-2)23-16-21(14-15-22(23)17(3)4)20-12-10-18(5)11-13-20/h6-16H,1,3H2,2,4-5H3/b9-8-,19-7+. The van der Waals surface area contributed by atoms with Crippen LogP contribution in [0.5, 0.6) is 0 Å². The van der Waals surface area contributed by atoms with Crippen molar-refractivity contribution in [3.63, 3.8) is 0 Å². The highest BCUT2D eigenvalue weighted by Crippen LogP contribution is 2.31. The molecule has 2 aromatic carbocycles. The zero-order valence-electron chi connectivity index (χ0n) is 14.3. The van der Waals surface area contributed by atoms with Crippen LogP contribution in [0, 0.1) is 6.92 Å². The second-order valence-electron chi connectivity index (χ2n) is 5.75.